The summed E-state index contributed by atoms with van der Waals surface area (Å²) in [6.07, 6.45) is 0.819. The van der Waals surface area contributed by atoms with Gasteiger partial charge in [-0.15, -0.1) is 11.8 Å². The lowest BCUT2D eigenvalue weighted by Crippen LogP contribution is -2.42. The standard InChI is InChI=1S/C16H21ClN2O5S/c1-23-9-8-18-16(22)19-14(20)11-24-15(21)3-2-10-25-13-6-4-12(17)5-7-13/h4-7H,2-3,8-11H2,1H3,(H2,18,19,20,22). The van der Waals surface area contributed by atoms with Gasteiger partial charge in [-0.25, -0.2) is 4.79 Å². The molecule has 1 aromatic rings. The van der Waals surface area contributed by atoms with Crippen LogP contribution in [0.1, 0.15) is 12.8 Å². The molecule has 0 heterocycles. The summed E-state index contributed by atoms with van der Waals surface area (Å²) in [4.78, 5) is 35.3. The molecule has 9 heteroatoms. The first kappa shape index (κ1) is 21.3. The van der Waals surface area contributed by atoms with Crippen LogP contribution in [0.3, 0.4) is 0 Å². The molecule has 1 aromatic carbocycles. The van der Waals surface area contributed by atoms with Crippen LogP contribution in [0.4, 0.5) is 4.79 Å². The molecule has 0 aliphatic carbocycles. The molecule has 138 valence electrons. The van der Waals surface area contributed by atoms with Crippen molar-refractivity contribution >= 4 is 41.3 Å². The summed E-state index contributed by atoms with van der Waals surface area (Å²) in [6, 6.07) is 6.78. The number of carbonyl (C=O) groups excluding carboxylic acids is 3. The average molecular weight is 389 g/mol. The highest BCUT2D eigenvalue weighted by molar-refractivity contribution is 7.99. The van der Waals surface area contributed by atoms with Crippen LogP contribution in [0.25, 0.3) is 0 Å². The van der Waals surface area contributed by atoms with Crippen molar-refractivity contribution in [2.24, 2.45) is 0 Å². The van der Waals surface area contributed by atoms with E-state index in [4.69, 9.17) is 21.1 Å². The number of ether oxygens (including phenoxy) is 2. The number of thioether (sulfide) groups is 1. The van der Waals surface area contributed by atoms with E-state index in [1.165, 1.54) is 7.11 Å². The average Bonchev–Trinajstić information content (AvgIpc) is 2.58. The van der Waals surface area contributed by atoms with Crippen molar-refractivity contribution in [2.45, 2.75) is 17.7 Å². The molecule has 0 saturated carbocycles. The van der Waals surface area contributed by atoms with Gasteiger partial charge in [0.05, 0.1) is 6.61 Å². The minimum Gasteiger partial charge on any atom is -0.456 e. The zero-order chi connectivity index (χ0) is 18.5. The molecule has 0 saturated heterocycles. The largest absolute Gasteiger partial charge is 0.456 e. The second kappa shape index (κ2) is 12.6. The third-order valence-electron chi connectivity index (χ3n) is 2.82. The van der Waals surface area contributed by atoms with E-state index in [9.17, 15) is 14.4 Å². The van der Waals surface area contributed by atoms with E-state index in [1.807, 2.05) is 24.3 Å². The third kappa shape index (κ3) is 10.6. The Bertz CT molecular complexity index is 568. The maximum absolute atomic E-state index is 11.6. The molecule has 1 rings (SSSR count). The van der Waals surface area contributed by atoms with Gasteiger partial charge in [0.15, 0.2) is 6.61 Å². The van der Waals surface area contributed by atoms with Gasteiger partial charge >= 0.3 is 12.0 Å². The highest BCUT2D eigenvalue weighted by Crippen LogP contribution is 2.21. The number of carbonyl (C=O) groups is 3. The minimum absolute atomic E-state index is 0.202. The van der Waals surface area contributed by atoms with E-state index >= 15 is 0 Å². The van der Waals surface area contributed by atoms with Gasteiger partial charge in [0.1, 0.15) is 0 Å². The number of halogens is 1. The van der Waals surface area contributed by atoms with Gasteiger partial charge in [-0.3, -0.25) is 14.9 Å². The van der Waals surface area contributed by atoms with Crippen LogP contribution < -0.4 is 10.6 Å². The minimum atomic E-state index is -0.682. The Kier molecular flexibility index (Phi) is 10.7. The smallest absolute Gasteiger partial charge is 0.321 e. The van der Waals surface area contributed by atoms with Gasteiger partial charge in [0.25, 0.3) is 5.91 Å². The van der Waals surface area contributed by atoms with Crippen LogP contribution in [0, 0.1) is 0 Å². The first-order chi connectivity index (χ1) is 12.0. The van der Waals surface area contributed by atoms with E-state index in [1.54, 1.807) is 11.8 Å². The van der Waals surface area contributed by atoms with Crippen molar-refractivity contribution in [3.05, 3.63) is 29.3 Å². The number of nitrogens with one attached hydrogen (secondary N) is 2. The Labute approximate surface area is 155 Å². The summed E-state index contributed by atoms with van der Waals surface area (Å²) < 4.78 is 9.57. The Morgan fingerprint density at radius 1 is 1.20 bits per heavy atom. The fourth-order valence-corrected chi connectivity index (χ4v) is 2.61. The van der Waals surface area contributed by atoms with E-state index in [-0.39, 0.29) is 13.0 Å². The number of urea groups is 1. The topological polar surface area (TPSA) is 93.7 Å². The number of benzene rings is 1. The van der Waals surface area contributed by atoms with Crippen LogP contribution in [-0.4, -0.2) is 50.5 Å². The number of rotatable bonds is 10. The molecular formula is C16H21ClN2O5S. The Morgan fingerprint density at radius 2 is 1.92 bits per heavy atom. The first-order valence-corrected chi connectivity index (χ1v) is 8.98. The van der Waals surface area contributed by atoms with E-state index in [0.29, 0.717) is 18.1 Å². The number of esters is 1. The van der Waals surface area contributed by atoms with Crippen molar-refractivity contribution in [3.63, 3.8) is 0 Å². The molecule has 0 unspecified atom stereocenters. The molecule has 0 aliphatic rings. The predicted molar refractivity (Wildman–Crippen MR) is 95.8 cm³/mol. The van der Waals surface area contributed by atoms with Crippen LogP contribution >= 0.6 is 23.4 Å². The van der Waals surface area contributed by atoms with Gasteiger partial charge in [-0.1, -0.05) is 11.6 Å². The second-order valence-electron chi connectivity index (χ2n) is 4.86. The van der Waals surface area contributed by atoms with Crippen molar-refractivity contribution in [3.8, 4) is 0 Å². The fraction of sp³-hybridized carbons (Fsp3) is 0.438. The summed E-state index contributed by atoms with van der Waals surface area (Å²) in [5.74, 6) is -0.421. The maximum Gasteiger partial charge on any atom is 0.321 e. The normalized spacial score (nSPS) is 10.2. The molecule has 0 spiro atoms. The van der Waals surface area contributed by atoms with Gasteiger partial charge in [-0.05, 0) is 36.4 Å². The molecule has 2 N–H and O–H groups in total. The van der Waals surface area contributed by atoms with Gasteiger partial charge in [-0.2, -0.15) is 0 Å². The summed E-state index contributed by atoms with van der Waals surface area (Å²) in [7, 11) is 1.50. The summed E-state index contributed by atoms with van der Waals surface area (Å²) in [6.45, 7) is 0.131. The van der Waals surface area contributed by atoms with Crippen molar-refractivity contribution in [1.29, 1.82) is 0 Å². The number of hydrogen-bond acceptors (Lipinski definition) is 6. The fourth-order valence-electron chi connectivity index (χ4n) is 1.63. The predicted octanol–water partition coefficient (Wildman–Crippen LogP) is 2.23. The lowest BCUT2D eigenvalue weighted by Gasteiger charge is -2.07. The van der Waals surface area contributed by atoms with Gasteiger partial charge in [0, 0.05) is 30.0 Å². The number of methoxy groups -OCH3 is 1. The van der Waals surface area contributed by atoms with Crippen LogP contribution in [0.5, 0.6) is 0 Å². The summed E-state index contributed by atoms with van der Waals surface area (Å²) >= 11 is 7.41. The Hall–Kier alpha value is -1.77. The number of amides is 3. The molecule has 0 aliphatic heterocycles. The first-order valence-electron chi connectivity index (χ1n) is 7.62. The van der Waals surface area contributed by atoms with Crippen LogP contribution in [-0.2, 0) is 19.1 Å². The van der Waals surface area contributed by atoms with E-state index in [0.717, 1.165) is 10.6 Å². The maximum atomic E-state index is 11.6. The molecule has 25 heavy (non-hydrogen) atoms. The monoisotopic (exact) mass is 388 g/mol. The summed E-state index contributed by atoms with van der Waals surface area (Å²) in [5, 5.41) is 5.15. The molecule has 0 atom stereocenters. The third-order valence-corrected chi connectivity index (χ3v) is 4.17. The molecule has 7 nitrogen and oxygen atoms in total. The molecule has 3 amide bonds. The lowest BCUT2D eigenvalue weighted by molar-refractivity contribution is -0.148. The highest BCUT2D eigenvalue weighted by Gasteiger charge is 2.10. The highest BCUT2D eigenvalue weighted by atomic mass is 35.5. The zero-order valence-corrected chi connectivity index (χ0v) is 15.5. The molecular weight excluding hydrogens is 368 g/mol. The van der Waals surface area contributed by atoms with Crippen molar-refractivity contribution < 1.29 is 23.9 Å². The van der Waals surface area contributed by atoms with Crippen LogP contribution in [0.15, 0.2) is 29.2 Å². The number of hydrogen-bond donors (Lipinski definition) is 2. The van der Waals surface area contributed by atoms with Crippen molar-refractivity contribution in [2.75, 3.05) is 32.6 Å². The molecule has 0 fully saturated rings. The van der Waals surface area contributed by atoms with Gasteiger partial charge < -0.3 is 14.8 Å². The quantitative estimate of drug-likeness (QED) is 0.362. The SMILES string of the molecule is COCCNC(=O)NC(=O)COC(=O)CCCSc1ccc(Cl)cc1. The zero-order valence-electron chi connectivity index (χ0n) is 13.9. The van der Waals surface area contributed by atoms with Crippen molar-refractivity contribution in [1.82, 2.24) is 10.6 Å². The molecule has 0 aromatic heterocycles. The molecule has 0 bridgehead atoms. The Morgan fingerprint density at radius 3 is 2.60 bits per heavy atom. The number of imide groups is 1. The van der Waals surface area contributed by atoms with Crippen LogP contribution in [0.2, 0.25) is 5.02 Å². The van der Waals surface area contributed by atoms with E-state index in [2.05, 4.69) is 10.6 Å². The Balaban J connectivity index is 2.08. The second-order valence-corrected chi connectivity index (χ2v) is 6.47. The van der Waals surface area contributed by atoms with Gasteiger partial charge in [0.2, 0.25) is 0 Å². The molecule has 0 radical (unpaired) electrons. The lowest BCUT2D eigenvalue weighted by atomic mass is 10.3. The van der Waals surface area contributed by atoms with E-state index < -0.39 is 24.5 Å². The summed E-state index contributed by atoms with van der Waals surface area (Å²) in [5.41, 5.74) is 0.